The number of hydrogen-bond donors (Lipinski definition) is 3. The number of rotatable bonds is 77. The van der Waals surface area contributed by atoms with Crippen LogP contribution in [0.3, 0.4) is 0 Å². The maximum atomic E-state index is 12.6. The number of unbranched alkanes of at least 4 members (excludes halogenated alkanes) is 62. The summed E-state index contributed by atoms with van der Waals surface area (Å²) in [5.74, 6) is -0.00823. The van der Waals surface area contributed by atoms with Gasteiger partial charge in [-0.15, -0.1) is 0 Å². The van der Waals surface area contributed by atoms with Crippen LogP contribution in [-0.2, 0) is 14.3 Å². The van der Waals surface area contributed by atoms with E-state index in [4.69, 9.17) is 4.74 Å². The van der Waals surface area contributed by atoms with Crippen molar-refractivity contribution in [3.63, 3.8) is 0 Å². The zero-order chi connectivity index (χ0) is 63.5. The number of aliphatic hydroxyl groups is 2. The Morgan fingerprint density at radius 3 is 0.864 bits per heavy atom. The number of ether oxygens (including phenoxy) is 1. The van der Waals surface area contributed by atoms with Crippen LogP contribution >= 0.6 is 0 Å². The Kier molecular flexibility index (Phi) is 76.3. The summed E-state index contributed by atoms with van der Waals surface area (Å²) in [6.45, 7) is 5.00. The molecule has 88 heavy (non-hydrogen) atoms. The molecule has 2 atom stereocenters. The summed E-state index contributed by atoms with van der Waals surface area (Å²) in [4.78, 5) is 24.6. The van der Waals surface area contributed by atoms with Crippen molar-refractivity contribution in [2.24, 2.45) is 0 Å². The number of nitrogens with one attached hydrogen (secondary N) is 1. The highest BCUT2D eigenvalue weighted by atomic mass is 16.5. The first-order chi connectivity index (χ1) is 43.5. The quantitative estimate of drug-likeness (QED) is 0.0320. The smallest absolute Gasteiger partial charge is 0.305 e. The van der Waals surface area contributed by atoms with Crippen molar-refractivity contribution in [1.82, 2.24) is 5.32 Å². The van der Waals surface area contributed by atoms with Crippen molar-refractivity contribution in [3.8, 4) is 0 Å². The molecule has 0 saturated heterocycles. The molecule has 0 rings (SSSR count). The van der Waals surface area contributed by atoms with Gasteiger partial charge in [-0.3, -0.25) is 9.59 Å². The predicted molar refractivity (Wildman–Crippen MR) is 389 cm³/mol. The fraction of sp³-hybridized carbons (Fsp3) is 0.927. The first-order valence-corrected chi connectivity index (χ1v) is 40.6. The Balaban J connectivity index is 3.37. The van der Waals surface area contributed by atoms with Crippen LogP contribution in [0.2, 0.25) is 0 Å². The van der Waals surface area contributed by atoms with E-state index in [0.29, 0.717) is 25.9 Å². The molecule has 0 aromatic rings. The van der Waals surface area contributed by atoms with Gasteiger partial charge in [0.15, 0.2) is 0 Å². The van der Waals surface area contributed by atoms with Crippen molar-refractivity contribution < 1.29 is 24.5 Å². The van der Waals surface area contributed by atoms with Crippen LogP contribution in [0.15, 0.2) is 24.3 Å². The van der Waals surface area contributed by atoms with Crippen LogP contribution < -0.4 is 5.32 Å². The minimum absolute atomic E-state index is 0.0184. The lowest BCUT2D eigenvalue weighted by Gasteiger charge is -2.22. The molecule has 0 heterocycles. The Morgan fingerprint density at radius 1 is 0.318 bits per heavy atom. The number of hydrogen-bond acceptors (Lipinski definition) is 5. The molecule has 2 unspecified atom stereocenters. The molecule has 0 aliphatic rings. The van der Waals surface area contributed by atoms with Crippen LogP contribution in [0.5, 0.6) is 0 Å². The predicted octanol–water partition coefficient (Wildman–Crippen LogP) is 26.8. The van der Waals surface area contributed by atoms with Crippen LogP contribution in [0.1, 0.15) is 463 Å². The van der Waals surface area contributed by atoms with Gasteiger partial charge >= 0.3 is 5.97 Å². The summed E-state index contributed by atoms with van der Waals surface area (Å²) in [6, 6.07) is -0.541. The van der Waals surface area contributed by atoms with E-state index >= 15 is 0 Å². The number of amides is 1. The molecule has 0 spiro atoms. The van der Waals surface area contributed by atoms with Gasteiger partial charge in [-0.05, 0) is 57.8 Å². The van der Waals surface area contributed by atoms with E-state index in [-0.39, 0.29) is 18.5 Å². The maximum Gasteiger partial charge on any atom is 0.305 e. The SMILES string of the molecule is CCCCCCCCCCCCCCCCCCCCCCCCCCC(O)C(CO)NC(=O)CCCCCCCCCCCCCCCCCCC/C=C\C/C=C\CCCCCCCCCCCCCOC(=O)CCCCCCCCCCCCCC. The minimum Gasteiger partial charge on any atom is -0.466 e. The Hall–Kier alpha value is -1.66. The molecule has 522 valence electrons. The number of carbonyl (C=O) groups is 2. The number of esters is 1. The molecule has 0 fully saturated rings. The fourth-order valence-corrected chi connectivity index (χ4v) is 13.1. The molecule has 6 heteroatoms. The highest BCUT2D eigenvalue weighted by molar-refractivity contribution is 5.76. The molecule has 0 aromatic heterocycles. The normalized spacial score (nSPS) is 12.5. The molecule has 0 aliphatic heterocycles. The second kappa shape index (κ2) is 77.8. The van der Waals surface area contributed by atoms with Gasteiger partial charge in [0, 0.05) is 12.8 Å². The van der Waals surface area contributed by atoms with Gasteiger partial charge in [-0.2, -0.15) is 0 Å². The monoisotopic (exact) mass is 1240 g/mol. The number of allylic oxidation sites excluding steroid dienone is 4. The summed E-state index contributed by atoms with van der Waals surface area (Å²) in [5.41, 5.74) is 0. The van der Waals surface area contributed by atoms with Crippen LogP contribution in [-0.4, -0.2) is 47.4 Å². The first kappa shape index (κ1) is 86.3. The van der Waals surface area contributed by atoms with E-state index < -0.39 is 12.1 Å². The van der Waals surface area contributed by atoms with E-state index in [1.807, 2.05) is 0 Å². The van der Waals surface area contributed by atoms with Gasteiger partial charge < -0.3 is 20.3 Å². The minimum atomic E-state index is -0.664. The number of carbonyl (C=O) groups excluding carboxylic acids is 2. The molecule has 3 N–H and O–H groups in total. The van der Waals surface area contributed by atoms with Crippen LogP contribution in [0.4, 0.5) is 0 Å². The van der Waals surface area contributed by atoms with Gasteiger partial charge in [0.05, 0.1) is 25.4 Å². The fourth-order valence-electron chi connectivity index (χ4n) is 13.1. The van der Waals surface area contributed by atoms with Crippen LogP contribution in [0, 0.1) is 0 Å². The second-order valence-electron chi connectivity index (χ2n) is 28.1. The first-order valence-electron chi connectivity index (χ1n) is 40.6. The highest BCUT2D eigenvalue weighted by Gasteiger charge is 2.20. The topological polar surface area (TPSA) is 95.9 Å². The third kappa shape index (κ3) is 73.4. The molecule has 6 nitrogen and oxygen atoms in total. The third-order valence-corrected chi connectivity index (χ3v) is 19.3. The molecule has 0 aliphatic carbocycles. The van der Waals surface area contributed by atoms with Gasteiger partial charge in [0.25, 0.3) is 0 Å². The second-order valence-corrected chi connectivity index (χ2v) is 28.1. The van der Waals surface area contributed by atoms with E-state index in [1.54, 1.807) is 0 Å². The van der Waals surface area contributed by atoms with Crippen molar-refractivity contribution in [2.45, 2.75) is 475 Å². The van der Waals surface area contributed by atoms with Gasteiger partial charge in [-0.25, -0.2) is 0 Å². The molecule has 0 bridgehead atoms. The average Bonchev–Trinajstić information content (AvgIpc) is 3.54. The largest absolute Gasteiger partial charge is 0.466 e. The van der Waals surface area contributed by atoms with Gasteiger partial charge in [0.2, 0.25) is 5.91 Å². The van der Waals surface area contributed by atoms with Crippen molar-refractivity contribution in [1.29, 1.82) is 0 Å². The Morgan fingerprint density at radius 2 is 0.568 bits per heavy atom. The zero-order valence-corrected chi connectivity index (χ0v) is 60.0. The molecule has 0 radical (unpaired) electrons. The molecule has 0 aromatic carbocycles. The molecular formula is C82H159NO5. The van der Waals surface area contributed by atoms with E-state index in [9.17, 15) is 19.8 Å². The standard InChI is InChI=1S/C82H159NO5/c1-3-5-7-9-11-13-15-17-18-19-20-21-22-36-39-42-45-48-51-54-58-62-66-70-74-80(85)79(78-84)83-81(86)75-71-67-63-59-55-52-49-46-43-40-37-34-32-30-28-26-24-23-25-27-29-31-33-35-38-41-44-47-50-53-57-61-65-69-73-77-88-82(87)76-72-68-64-60-56-16-14-12-10-8-6-4-2/h25,27,31,33,79-80,84-85H,3-24,26,28-30,32,34-78H2,1-2H3,(H,83,86)/b27-25-,33-31-. The molecular weight excluding hydrogens is 1080 g/mol. The average molecular weight is 1240 g/mol. The third-order valence-electron chi connectivity index (χ3n) is 19.3. The van der Waals surface area contributed by atoms with E-state index in [0.717, 1.165) is 44.9 Å². The van der Waals surface area contributed by atoms with Gasteiger partial charge in [0.1, 0.15) is 0 Å². The summed E-state index contributed by atoms with van der Waals surface area (Å²) >= 11 is 0. The summed E-state index contributed by atoms with van der Waals surface area (Å²) < 4.78 is 5.49. The highest BCUT2D eigenvalue weighted by Crippen LogP contribution is 2.20. The zero-order valence-electron chi connectivity index (χ0n) is 60.0. The van der Waals surface area contributed by atoms with Crippen LogP contribution in [0.25, 0.3) is 0 Å². The van der Waals surface area contributed by atoms with E-state index in [2.05, 4.69) is 43.5 Å². The van der Waals surface area contributed by atoms with Crippen molar-refractivity contribution in [2.75, 3.05) is 13.2 Å². The Bertz CT molecular complexity index is 1380. The summed E-state index contributed by atoms with van der Waals surface area (Å²) in [6.07, 6.45) is 100.0. The van der Waals surface area contributed by atoms with Crippen molar-refractivity contribution >= 4 is 11.9 Å². The number of aliphatic hydroxyl groups excluding tert-OH is 2. The van der Waals surface area contributed by atoms with E-state index in [1.165, 1.54) is 385 Å². The molecule has 1 amide bonds. The lowest BCUT2D eigenvalue weighted by Crippen LogP contribution is -2.45. The maximum absolute atomic E-state index is 12.6. The van der Waals surface area contributed by atoms with Crippen molar-refractivity contribution in [3.05, 3.63) is 24.3 Å². The lowest BCUT2D eigenvalue weighted by atomic mass is 10.0. The summed E-state index contributed by atoms with van der Waals surface area (Å²) in [7, 11) is 0. The lowest BCUT2D eigenvalue weighted by molar-refractivity contribution is -0.143. The Labute approximate surface area is 551 Å². The van der Waals surface area contributed by atoms with Gasteiger partial charge in [-0.1, -0.05) is 417 Å². The molecule has 0 saturated carbocycles. The summed E-state index contributed by atoms with van der Waals surface area (Å²) in [5, 5.41) is 23.5.